The molecule has 0 spiro atoms. The number of carboxylic acids is 1. The van der Waals surface area contributed by atoms with Crippen LogP contribution in [0.4, 0.5) is 0 Å². The molecule has 0 amide bonds. The van der Waals surface area contributed by atoms with Gasteiger partial charge in [0.05, 0.1) is 0 Å². The van der Waals surface area contributed by atoms with Crippen LogP contribution in [0.5, 0.6) is 0 Å². The number of aliphatic carboxylic acids is 1. The fourth-order valence-electron chi connectivity index (χ4n) is 0.435. The van der Waals surface area contributed by atoms with E-state index in [1.165, 1.54) is 0 Å². The SMILES string of the molecule is CC(=CCC(C)S)C(=O)O. The zero-order chi connectivity index (χ0) is 8.15. The van der Waals surface area contributed by atoms with Crippen molar-refractivity contribution >= 4 is 18.6 Å². The van der Waals surface area contributed by atoms with Crippen LogP contribution >= 0.6 is 12.6 Å². The van der Waals surface area contributed by atoms with Crippen molar-refractivity contribution in [2.45, 2.75) is 25.5 Å². The summed E-state index contributed by atoms with van der Waals surface area (Å²) in [5, 5.41) is 8.63. The summed E-state index contributed by atoms with van der Waals surface area (Å²) in [7, 11) is 0. The summed E-state index contributed by atoms with van der Waals surface area (Å²) in [4.78, 5) is 10.2. The summed E-state index contributed by atoms with van der Waals surface area (Å²) in [6.07, 6.45) is 2.39. The van der Waals surface area contributed by atoms with Gasteiger partial charge in [-0.25, -0.2) is 4.79 Å². The Hall–Kier alpha value is -0.440. The van der Waals surface area contributed by atoms with Crippen LogP contribution in [0.3, 0.4) is 0 Å². The van der Waals surface area contributed by atoms with Crippen LogP contribution in [0.25, 0.3) is 0 Å². The van der Waals surface area contributed by atoms with E-state index in [9.17, 15) is 4.79 Å². The average Bonchev–Trinajstić information content (AvgIpc) is 1.82. The van der Waals surface area contributed by atoms with Gasteiger partial charge in [-0.2, -0.15) is 12.6 Å². The lowest BCUT2D eigenvalue weighted by Crippen LogP contribution is -1.97. The molecule has 0 aliphatic carbocycles. The molecule has 0 heterocycles. The number of thiol groups is 1. The highest BCUT2D eigenvalue weighted by Gasteiger charge is 1.98. The molecule has 0 aliphatic rings. The van der Waals surface area contributed by atoms with Gasteiger partial charge in [-0.15, -0.1) is 0 Å². The molecular formula is C7H12O2S. The number of rotatable bonds is 3. The molecule has 0 saturated carbocycles. The maximum atomic E-state index is 10.2. The van der Waals surface area contributed by atoms with Gasteiger partial charge >= 0.3 is 5.97 Å². The third-order valence-electron chi connectivity index (χ3n) is 1.10. The van der Waals surface area contributed by atoms with E-state index >= 15 is 0 Å². The van der Waals surface area contributed by atoms with E-state index < -0.39 is 5.97 Å². The summed E-state index contributed by atoms with van der Waals surface area (Å²) >= 11 is 4.10. The van der Waals surface area contributed by atoms with E-state index in [4.69, 9.17) is 5.11 Å². The number of carboxylic acid groups (broad SMARTS) is 1. The van der Waals surface area contributed by atoms with E-state index in [0.717, 1.165) is 0 Å². The third kappa shape index (κ3) is 4.44. The topological polar surface area (TPSA) is 37.3 Å². The lowest BCUT2D eigenvalue weighted by atomic mass is 10.2. The Morgan fingerprint density at radius 1 is 1.80 bits per heavy atom. The van der Waals surface area contributed by atoms with Crippen molar-refractivity contribution in [2.24, 2.45) is 0 Å². The van der Waals surface area contributed by atoms with Gasteiger partial charge in [0, 0.05) is 10.8 Å². The standard InChI is InChI=1S/C7H12O2S/c1-5(7(8)9)3-4-6(2)10/h3,6,10H,4H2,1-2H3,(H,8,9). The lowest BCUT2D eigenvalue weighted by Gasteiger charge is -1.97. The molecule has 1 N–H and O–H groups in total. The second-order valence-electron chi connectivity index (χ2n) is 2.28. The average molecular weight is 160 g/mol. The van der Waals surface area contributed by atoms with Gasteiger partial charge in [0.2, 0.25) is 0 Å². The molecule has 0 aromatic carbocycles. The van der Waals surface area contributed by atoms with E-state index in [1.54, 1.807) is 13.0 Å². The Morgan fingerprint density at radius 2 is 2.30 bits per heavy atom. The quantitative estimate of drug-likeness (QED) is 0.487. The van der Waals surface area contributed by atoms with Crippen LogP contribution in [-0.4, -0.2) is 16.3 Å². The Labute approximate surface area is 66.4 Å². The fourth-order valence-corrected chi connectivity index (χ4v) is 0.540. The Bertz CT molecular complexity index is 150. The number of hydrogen-bond donors (Lipinski definition) is 2. The highest BCUT2D eigenvalue weighted by molar-refractivity contribution is 7.80. The van der Waals surface area contributed by atoms with E-state index in [0.29, 0.717) is 12.0 Å². The first-order valence-electron chi connectivity index (χ1n) is 3.12. The van der Waals surface area contributed by atoms with E-state index in [2.05, 4.69) is 12.6 Å². The van der Waals surface area contributed by atoms with Crippen LogP contribution in [0.15, 0.2) is 11.6 Å². The van der Waals surface area contributed by atoms with Gasteiger partial charge in [-0.1, -0.05) is 13.0 Å². The molecular weight excluding hydrogens is 148 g/mol. The first-order valence-corrected chi connectivity index (χ1v) is 3.63. The molecule has 2 nitrogen and oxygen atoms in total. The van der Waals surface area contributed by atoms with Gasteiger partial charge in [0.25, 0.3) is 0 Å². The molecule has 3 heteroatoms. The Kier molecular flexibility index (Phi) is 4.19. The van der Waals surface area contributed by atoms with Gasteiger partial charge in [-0.3, -0.25) is 0 Å². The fraction of sp³-hybridized carbons (Fsp3) is 0.571. The number of allylic oxidation sites excluding steroid dienone is 1. The zero-order valence-electron chi connectivity index (χ0n) is 6.16. The van der Waals surface area contributed by atoms with Crippen molar-refractivity contribution in [3.8, 4) is 0 Å². The van der Waals surface area contributed by atoms with Crippen LogP contribution in [0.1, 0.15) is 20.3 Å². The maximum absolute atomic E-state index is 10.2. The van der Waals surface area contributed by atoms with Gasteiger partial charge in [0.15, 0.2) is 0 Å². The molecule has 1 unspecified atom stereocenters. The van der Waals surface area contributed by atoms with Crippen LogP contribution < -0.4 is 0 Å². The number of hydrogen-bond acceptors (Lipinski definition) is 2. The summed E-state index contributed by atoms with van der Waals surface area (Å²) in [5.41, 5.74) is 0.390. The lowest BCUT2D eigenvalue weighted by molar-refractivity contribution is -0.132. The molecule has 0 radical (unpaired) electrons. The van der Waals surface area contributed by atoms with Gasteiger partial charge < -0.3 is 5.11 Å². The summed E-state index contributed by atoms with van der Waals surface area (Å²) < 4.78 is 0. The molecule has 0 bridgehead atoms. The smallest absolute Gasteiger partial charge is 0.330 e. The van der Waals surface area contributed by atoms with Crippen LogP contribution in [0.2, 0.25) is 0 Å². The van der Waals surface area contributed by atoms with Crippen molar-refractivity contribution in [1.29, 1.82) is 0 Å². The van der Waals surface area contributed by atoms with Crippen molar-refractivity contribution < 1.29 is 9.90 Å². The van der Waals surface area contributed by atoms with Crippen molar-refractivity contribution in [1.82, 2.24) is 0 Å². The van der Waals surface area contributed by atoms with Crippen molar-refractivity contribution in [3.63, 3.8) is 0 Å². The molecule has 58 valence electrons. The number of carbonyl (C=O) groups is 1. The predicted octanol–water partition coefficient (Wildman–Crippen LogP) is 1.73. The van der Waals surface area contributed by atoms with Crippen LogP contribution in [0, 0.1) is 0 Å². The largest absolute Gasteiger partial charge is 0.478 e. The van der Waals surface area contributed by atoms with Crippen molar-refractivity contribution in [2.75, 3.05) is 0 Å². The highest BCUT2D eigenvalue weighted by Crippen LogP contribution is 2.03. The molecule has 1 atom stereocenters. The monoisotopic (exact) mass is 160 g/mol. The van der Waals surface area contributed by atoms with Crippen LogP contribution in [-0.2, 0) is 4.79 Å². The normalized spacial score (nSPS) is 14.9. The first kappa shape index (κ1) is 9.56. The summed E-state index contributed by atoms with van der Waals surface area (Å²) in [5.74, 6) is -0.853. The summed E-state index contributed by atoms with van der Waals surface area (Å²) in [6, 6.07) is 0. The minimum atomic E-state index is -0.853. The molecule has 0 aromatic heterocycles. The molecule has 0 aromatic rings. The molecule has 0 saturated heterocycles. The first-order chi connectivity index (χ1) is 4.54. The minimum absolute atomic E-state index is 0.231. The predicted molar refractivity (Wildman–Crippen MR) is 44.5 cm³/mol. The second kappa shape index (κ2) is 4.39. The zero-order valence-corrected chi connectivity index (χ0v) is 7.06. The molecule has 0 fully saturated rings. The Balaban J connectivity index is 3.81. The Morgan fingerprint density at radius 3 is 2.60 bits per heavy atom. The minimum Gasteiger partial charge on any atom is -0.478 e. The van der Waals surface area contributed by atoms with Crippen molar-refractivity contribution in [3.05, 3.63) is 11.6 Å². The van der Waals surface area contributed by atoms with Gasteiger partial charge in [0.1, 0.15) is 0 Å². The van der Waals surface area contributed by atoms with E-state index in [1.807, 2.05) is 6.92 Å². The van der Waals surface area contributed by atoms with E-state index in [-0.39, 0.29) is 5.25 Å². The van der Waals surface area contributed by atoms with Gasteiger partial charge in [-0.05, 0) is 13.3 Å². The molecule has 0 rings (SSSR count). The second-order valence-corrected chi connectivity index (χ2v) is 3.16. The third-order valence-corrected chi connectivity index (χ3v) is 1.31. The summed E-state index contributed by atoms with van der Waals surface area (Å²) in [6.45, 7) is 3.51. The maximum Gasteiger partial charge on any atom is 0.330 e. The molecule has 10 heavy (non-hydrogen) atoms. The molecule has 0 aliphatic heterocycles. The highest BCUT2D eigenvalue weighted by atomic mass is 32.1.